The van der Waals surface area contributed by atoms with E-state index in [1.807, 2.05) is 14.0 Å². The van der Waals surface area contributed by atoms with Gasteiger partial charge in [-0.25, -0.2) is 13.1 Å². The molecule has 6 nitrogen and oxygen atoms in total. The Bertz CT molecular complexity index is 672. The van der Waals surface area contributed by atoms with Crippen LogP contribution in [0.15, 0.2) is 47.5 Å². The van der Waals surface area contributed by atoms with E-state index in [-0.39, 0.29) is 17.5 Å². The molecule has 2 N–H and O–H groups in total. The summed E-state index contributed by atoms with van der Waals surface area (Å²) >= 11 is 0. The average Bonchev–Trinajstić information content (AvgIpc) is 2.53. The molecule has 0 aliphatic rings. The zero-order valence-corrected chi connectivity index (χ0v) is 12.8. The van der Waals surface area contributed by atoms with E-state index >= 15 is 0 Å². The Labute approximate surface area is 124 Å². The van der Waals surface area contributed by atoms with Gasteiger partial charge in [0.1, 0.15) is 0 Å². The SMILES string of the molecule is CNC(C)c1ccc(S(=O)(=O)NCc2cccnn2)cc1. The van der Waals surface area contributed by atoms with E-state index in [1.165, 1.54) is 0 Å². The average molecular weight is 306 g/mol. The highest BCUT2D eigenvalue weighted by atomic mass is 32.2. The maximum absolute atomic E-state index is 12.2. The number of aromatic nitrogens is 2. The van der Waals surface area contributed by atoms with Crippen molar-refractivity contribution in [3.63, 3.8) is 0 Å². The van der Waals surface area contributed by atoms with Crippen LogP contribution >= 0.6 is 0 Å². The minimum absolute atomic E-state index is 0.116. The summed E-state index contributed by atoms with van der Waals surface area (Å²) in [6, 6.07) is 10.4. The Kier molecular flexibility index (Phi) is 5.00. The standard InChI is InChI=1S/C14H18N4O2S/c1-11(15-2)12-5-7-14(8-6-12)21(19,20)17-10-13-4-3-9-16-18-13/h3-9,11,15,17H,10H2,1-2H3. The van der Waals surface area contributed by atoms with Gasteiger partial charge >= 0.3 is 0 Å². The fourth-order valence-electron chi connectivity index (χ4n) is 1.78. The highest BCUT2D eigenvalue weighted by Gasteiger charge is 2.14. The van der Waals surface area contributed by atoms with Gasteiger partial charge in [-0.1, -0.05) is 12.1 Å². The fourth-order valence-corrected chi connectivity index (χ4v) is 2.78. The molecule has 0 saturated heterocycles. The van der Waals surface area contributed by atoms with Crippen LogP contribution < -0.4 is 10.0 Å². The first-order valence-corrected chi connectivity index (χ1v) is 8.05. The Morgan fingerprint density at radius 2 is 1.90 bits per heavy atom. The van der Waals surface area contributed by atoms with Gasteiger partial charge in [-0.3, -0.25) is 0 Å². The number of rotatable bonds is 6. The molecular formula is C14H18N4O2S. The van der Waals surface area contributed by atoms with Crippen molar-refractivity contribution in [3.05, 3.63) is 53.9 Å². The lowest BCUT2D eigenvalue weighted by Gasteiger charge is -2.11. The normalized spacial score (nSPS) is 13.0. The third kappa shape index (κ3) is 4.07. The van der Waals surface area contributed by atoms with E-state index in [0.29, 0.717) is 5.69 Å². The largest absolute Gasteiger partial charge is 0.313 e. The summed E-state index contributed by atoms with van der Waals surface area (Å²) in [5, 5.41) is 10.7. The number of nitrogens with zero attached hydrogens (tertiary/aromatic N) is 2. The first-order chi connectivity index (χ1) is 10.0. The van der Waals surface area contributed by atoms with Crippen LogP contribution in [-0.4, -0.2) is 25.7 Å². The van der Waals surface area contributed by atoms with E-state index < -0.39 is 10.0 Å². The van der Waals surface area contributed by atoms with Crippen molar-refractivity contribution in [3.8, 4) is 0 Å². The molecule has 1 atom stereocenters. The van der Waals surface area contributed by atoms with Crippen LogP contribution in [0.1, 0.15) is 24.2 Å². The minimum Gasteiger partial charge on any atom is -0.313 e. The van der Waals surface area contributed by atoms with Gasteiger partial charge in [-0.05, 0) is 43.8 Å². The zero-order chi connectivity index (χ0) is 15.3. The highest BCUT2D eigenvalue weighted by Crippen LogP contribution is 2.15. The molecule has 0 aliphatic heterocycles. The summed E-state index contributed by atoms with van der Waals surface area (Å²) in [6.07, 6.45) is 1.54. The van der Waals surface area contributed by atoms with Crippen LogP contribution in [0, 0.1) is 0 Å². The smallest absolute Gasteiger partial charge is 0.240 e. The molecular weight excluding hydrogens is 288 g/mol. The molecule has 0 amide bonds. The molecule has 7 heteroatoms. The molecule has 1 heterocycles. The molecule has 21 heavy (non-hydrogen) atoms. The lowest BCUT2D eigenvalue weighted by molar-refractivity contribution is 0.579. The summed E-state index contributed by atoms with van der Waals surface area (Å²) in [7, 11) is -1.69. The predicted octanol–water partition coefficient (Wildman–Crippen LogP) is 1.24. The molecule has 0 spiro atoms. The second-order valence-corrected chi connectivity index (χ2v) is 6.39. The molecule has 2 rings (SSSR count). The van der Waals surface area contributed by atoms with Crippen molar-refractivity contribution in [2.45, 2.75) is 24.4 Å². The number of nitrogens with one attached hydrogen (secondary N) is 2. The van der Waals surface area contributed by atoms with Crippen LogP contribution in [-0.2, 0) is 16.6 Å². The second kappa shape index (κ2) is 6.75. The van der Waals surface area contributed by atoms with E-state index in [2.05, 4.69) is 20.2 Å². The first kappa shape index (κ1) is 15.6. The van der Waals surface area contributed by atoms with Crippen LogP contribution in [0.25, 0.3) is 0 Å². The monoisotopic (exact) mass is 306 g/mol. The van der Waals surface area contributed by atoms with Gasteiger partial charge in [0, 0.05) is 12.2 Å². The second-order valence-electron chi connectivity index (χ2n) is 4.62. The molecule has 0 aliphatic carbocycles. The molecule has 0 fully saturated rings. The highest BCUT2D eigenvalue weighted by molar-refractivity contribution is 7.89. The molecule has 0 bridgehead atoms. The van der Waals surface area contributed by atoms with Crippen molar-refractivity contribution in [1.29, 1.82) is 0 Å². The van der Waals surface area contributed by atoms with Crippen molar-refractivity contribution in [2.24, 2.45) is 0 Å². The van der Waals surface area contributed by atoms with Crippen LogP contribution in [0.3, 0.4) is 0 Å². The Balaban J connectivity index is 2.09. The van der Waals surface area contributed by atoms with E-state index in [4.69, 9.17) is 0 Å². The molecule has 112 valence electrons. The quantitative estimate of drug-likeness (QED) is 0.839. The van der Waals surface area contributed by atoms with Gasteiger partial charge in [0.2, 0.25) is 10.0 Å². The maximum Gasteiger partial charge on any atom is 0.240 e. The molecule has 1 aromatic heterocycles. The van der Waals surface area contributed by atoms with Crippen molar-refractivity contribution >= 4 is 10.0 Å². The van der Waals surface area contributed by atoms with Gasteiger partial charge in [0.25, 0.3) is 0 Å². The summed E-state index contributed by atoms with van der Waals surface area (Å²) in [5.74, 6) is 0. The van der Waals surface area contributed by atoms with Gasteiger partial charge < -0.3 is 5.32 Å². The molecule has 0 radical (unpaired) electrons. The van der Waals surface area contributed by atoms with Crippen molar-refractivity contribution in [2.75, 3.05) is 7.05 Å². The third-order valence-corrected chi connectivity index (χ3v) is 4.61. The Hall–Kier alpha value is -1.83. The van der Waals surface area contributed by atoms with Gasteiger partial charge in [-0.15, -0.1) is 0 Å². The molecule has 2 aromatic rings. The molecule has 1 aromatic carbocycles. The molecule has 1 unspecified atom stereocenters. The van der Waals surface area contributed by atoms with Crippen LogP contribution in [0.4, 0.5) is 0 Å². The van der Waals surface area contributed by atoms with E-state index in [1.54, 1.807) is 42.6 Å². The number of benzene rings is 1. The first-order valence-electron chi connectivity index (χ1n) is 6.56. The number of hydrogen-bond donors (Lipinski definition) is 2. The molecule has 0 saturated carbocycles. The maximum atomic E-state index is 12.2. The van der Waals surface area contributed by atoms with Gasteiger partial charge in [-0.2, -0.15) is 10.2 Å². The zero-order valence-electron chi connectivity index (χ0n) is 11.9. The third-order valence-electron chi connectivity index (χ3n) is 3.19. The minimum atomic E-state index is -3.55. The topological polar surface area (TPSA) is 84.0 Å². The van der Waals surface area contributed by atoms with E-state index in [0.717, 1.165) is 5.56 Å². The number of sulfonamides is 1. The number of hydrogen-bond acceptors (Lipinski definition) is 5. The lowest BCUT2D eigenvalue weighted by Crippen LogP contribution is -2.24. The van der Waals surface area contributed by atoms with Crippen LogP contribution in [0.5, 0.6) is 0 Å². The summed E-state index contributed by atoms with van der Waals surface area (Å²) in [5.41, 5.74) is 1.60. The van der Waals surface area contributed by atoms with Crippen LogP contribution in [0.2, 0.25) is 0 Å². The van der Waals surface area contributed by atoms with Crippen molar-refractivity contribution < 1.29 is 8.42 Å². The predicted molar refractivity (Wildman–Crippen MR) is 80.0 cm³/mol. The fraction of sp³-hybridized carbons (Fsp3) is 0.286. The lowest BCUT2D eigenvalue weighted by atomic mass is 10.1. The Morgan fingerprint density at radius 1 is 1.19 bits per heavy atom. The van der Waals surface area contributed by atoms with Crippen molar-refractivity contribution in [1.82, 2.24) is 20.2 Å². The van der Waals surface area contributed by atoms with Gasteiger partial charge in [0.05, 0.1) is 17.1 Å². The Morgan fingerprint density at radius 3 is 2.48 bits per heavy atom. The summed E-state index contributed by atoms with van der Waals surface area (Å²) in [4.78, 5) is 0.235. The summed E-state index contributed by atoms with van der Waals surface area (Å²) in [6.45, 7) is 2.13. The van der Waals surface area contributed by atoms with E-state index in [9.17, 15) is 8.42 Å². The van der Waals surface area contributed by atoms with Gasteiger partial charge in [0.15, 0.2) is 0 Å². The summed E-state index contributed by atoms with van der Waals surface area (Å²) < 4.78 is 26.9.